The van der Waals surface area contributed by atoms with E-state index in [0.29, 0.717) is 30.1 Å². The van der Waals surface area contributed by atoms with Crippen LogP contribution in [0, 0.1) is 0 Å². The molecule has 0 amide bonds. The number of H-pyrrole nitrogens is 1. The summed E-state index contributed by atoms with van der Waals surface area (Å²) in [5, 5.41) is 4.04. The highest BCUT2D eigenvalue weighted by atomic mass is 79.9. The smallest absolute Gasteiger partial charge is 0.294 e. The summed E-state index contributed by atoms with van der Waals surface area (Å²) in [6.45, 7) is 2.04. The van der Waals surface area contributed by atoms with Crippen molar-refractivity contribution in [1.82, 2.24) is 15.3 Å². The average molecular weight is 350 g/mol. The summed E-state index contributed by atoms with van der Waals surface area (Å²) >= 11 is 3.43. The third kappa shape index (κ3) is 2.17. The molecule has 0 aliphatic carbocycles. The lowest BCUT2D eigenvalue weighted by atomic mass is 10.2. The minimum Gasteiger partial charge on any atom is -0.449 e. The van der Waals surface area contributed by atoms with Crippen LogP contribution in [0.4, 0.5) is 0 Å². The van der Waals surface area contributed by atoms with Gasteiger partial charge in [0.25, 0.3) is 5.56 Å². The fourth-order valence-electron chi connectivity index (χ4n) is 2.54. The Kier molecular flexibility index (Phi) is 3.06. The number of nitrogens with one attached hydrogen (secondary N) is 2. The molecule has 1 aliphatic heterocycles. The quantitative estimate of drug-likeness (QED) is 0.703. The van der Waals surface area contributed by atoms with Gasteiger partial charge in [0.05, 0.1) is 6.61 Å². The molecule has 1 fully saturated rings. The Bertz CT molecular complexity index is 880. The normalized spacial score (nSPS) is 19.4. The summed E-state index contributed by atoms with van der Waals surface area (Å²) in [6, 6.07) is 5.59. The largest absolute Gasteiger partial charge is 0.449 e. The van der Waals surface area contributed by atoms with Crippen LogP contribution in [0.1, 0.15) is 11.9 Å². The Morgan fingerprint density at radius 2 is 2.29 bits per heavy atom. The minimum absolute atomic E-state index is 0.243. The maximum atomic E-state index is 12.2. The molecule has 1 aliphatic rings. The first kappa shape index (κ1) is 13.0. The Morgan fingerprint density at radius 3 is 3.10 bits per heavy atom. The van der Waals surface area contributed by atoms with Crippen LogP contribution in [0.5, 0.6) is 0 Å². The fraction of sp³-hybridized carbons (Fsp3) is 0.286. The summed E-state index contributed by atoms with van der Waals surface area (Å²) in [5.74, 6) is 0.530. The fourth-order valence-corrected chi connectivity index (χ4v) is 2.90. The predicted octanol–water partition coefficient (Wildman–Crippen LogP) is 2.09. The summed E-state index contributed by atoms with van der Waals surface area (Å²) < 4.78 is 12.2. The van der Waals surface area contributed by atoms with E-state index in [1.165, 1.54) is 0 Å². The molecule has 108 valence electrons. The van der Waals surface area contributed by atoms with Crippen molar-refractivity contribution >= 4 is 38.0 Å². The second-order valence-corrected chi connectivity index (χ2v) is 5.85. The minimum atomic E-state index is -0.281. The van der Waals surface area contributed by atoms with Crippen LogP contribution >= 0.6 is 15.9 Å². The molecule has 1 atom stereocenters. The monoisotopic (exact) mass is 349 g/mol. The van der Waals surface area contributed by atoms with Gasteiger partial charge < -0.3 is 19.5 Å². The third-order valence-electron chi connectivity index (χ3n) is 3.54. The Hall–Kier alpha value is -1.70. The molecule has 6 nitrogen and oxygen atoms in total. The van der Waals surface area contributed by atoms with E-state index in [0.717, 1.165) is 16.4 Å². The molecule has 1 saturated heterocycles. The van der Waals surface area contributed by atoms with Crippen molar-refractivity contribution in [3.63, 3.8) is 0 Å². The van der Waals surface area contributed by atoms with Gasteiger partial charge in [-0.2, -0.15) is 0 Å². The van der Waals surface area contributed by atoms with E-state index in [-0.39, 0.29) is 17.2 Å². The Balaban J connectivity index is 1.96. The van der Waals surface area contributed by atoms with Gasteiger partial charge >= 0.3 is 0 Å². The number of hydrogen-bond acceptors (Lipinski definition) is 5. The highest BCUT2D eigenvalue weighted by Crippen LogP contribution is 2.28. The number of ether oxygens (including phenoxy) is 1. The molecule has 0 bridgehead atoms. The molecule has 21 heavy (non-hydrogen) atoms. The van der Waals surface area contributed by atoms with Crippen LogP contribution in [0.15, 0.2) is 31.9 Å². The first-order valence-corrected chi connectivity index (χ1v) is 7.46. The highest BCUT2D eigenvalue weighted by Gasteiger charge is 2.21. The van der Waals surface area contributed by atoms with Crippen molar-refractivity contribution in [2.24, 2.45) is 0 Å². The number of aromatic nitrogens is 2. The molecule has 0 radical (unpaired) electrons. The van der Waals surface area contributed by atoms with Gasteiger partial charge in [-0.15, -0.1) is 0 Å². The number of furan rings is 1. The molecule has 1 unspecified atom stereocenters. The second-order valence-electron chi connectivity index (χ2n) is 4.93. The van der Waals surface area contributed by atoms with Crippen molar-refractivity contribution < 1.29 is 9.15 Å². The lowest BCUT2D eigenvalue weighted by Gasteiger charge is -2.22. The van der Waals surface area contributed by atoms with Crippen LogP contribution in [-0.4, -0.2) is 29.7 Å². The molecule has 3 aromatic rings. The standard InChI is InChI=1S/C14H12BrN3O3/c15-7-1-2-9-8(5-7)11-12(21-9)14(19)18-13(17-11)10-6-16-3-4-20-10/h1-2,5,10,16H,3-4,6H2,(H,17,18,19). The number of hydrogen-bond donors (Lipinski definition) is 2. The summed E-state index contributed by atoms with van der Waals surface area (Å²) in [4.78, 5) is 19.5. The predicted molar refractivity (Wildman–Crippen MR) is 81.4 cm³/mol. The Morgan fingerprint density at radius 1 is 1.38 bits per heavy atom. The van der Waals surface area contributed by atoms with E-state index in [1.54, 1.807) is 0 Å². The topological polar surface area (TPSA) is 80.2 Å². The zero-order chi connectivity index (χ0) is 14.4. The first-order valence-electron chi connectivity index (χ1n) is 6.67. The number of fused-ring (bicyclic) bond motifs is 3. The van der Waals surface area contributed by atoms with Crippen molar-refractivity contribution in [2.45, 2.75) is 6.10 Å². The first-order chi connectivity index (χ1) is 10.2. The van der Waals surface area contributed by atoms with E-state index in [9.17, 15) is 4.79 Å². The van der Waals surface area contributed by atoms with Crippen molar-refractivity contribution in [3.05, 3.63) is 38.9 Å². The van der Waals surface area contributed by atoms with E-state index in [4.69, 9.17) is 9.15 Å². The van der Waals surface area contributed by atoms with Gasteiger partial charge in [0.15, 0.2) is 0 Å². The maximum Gasteiger partial charge on any atom is 0.294 e. The molecule has 1 aromatic carbocycles. The number of aromatic amines is 1. The zero-order valence-corrected chi connectivity index (χ0v) is 12.6. The van der Waals surface area contributed by atoms with E-state index in [2.05, 4.69) is 31.2 Å². The highest BCUT2D eigenvalue weighted by molar-refractivity contribution is 9.10. The van der Waals surface area contributed by atoms with Crippen molar-refractivity contribution in [3.8, 4) is 0 Å². The van der Waals surface area contributed by atoms with Gasteiger partial charge in [-0.1, -0.05) is 15.9 Å². The molecular formula is C14H12BrN3O3. The second kappa shape index (κ2) is 4.94. The molecule has 2 aromatic heterocycles. The van der Waals surface area contributed by atoms with Crippen LogP contribution in [0.3, 0.4) is 0 Å². The molecule has 3 heterocycles. The van der Waals surface area contributed by atoms with Gasteiger partial charge in [-0.25, -0.2) is 4.98 Å². The van der Waals surface area contributed by atoms with Gasteiger partial charge in [0.1, 0.15) is 23.0 Å². The third-order valence-corrected chi connectivity index (χ3v) is 4.03. The molecule has 2 N–H and O–H groups in total. The molecule has 0 saturated carbocycles. The van der Waals surface area contributed by atoms with E-state index >= 15 is 0 Å². The molecular weight excluding hydrogens is 338 g/mol. The van der Waals surface area contributed by atoms with E-state index < -0.39 is 0 Å². The molecule has 4 rings (SSSR count). The molecule has 7 heteroatoms. The van der Waals surface area contributed by atoms with Crippen LogP contribution in [0.2, 0.25) is 0 Å². The summed E-state index contributed by atoms with van der Waals surface area (Å²) in [7, 11) is 0. The van der Waals surface area contributed by atoms with Crippen molar-refractivity contribution in [2.75, 3.05) is 19.7 Å². The average Bonchev–Trinajstić information content (AvgIpc) is 2.87. The van der Waals surface area contributed by atoms with Crippen molar-refractivity contribution in [1.29, 1.82) is 0 Å². The lowest BCUT2D eigenvalue weighted by molar-refractivity contribution is 0.0222. The number of halogens is 1. The summed E-state index contributed by atoms with van der Waals surface area (Å²) in [6.07, 6.45) is -0.243. The van der Waals surface area contributed by atoms with Gasteiger partial charge in [-0.3, -0.25) is 4.79 Å². The van der Waals surface area contributed by atoms with Gasteiger partial charge in [0.2, 0.25) is 5.58 Å². The van der Waals surface area contributed by atoms with Crippen LogP contribution in [0.25, 0.3) is 22.1 Å². The SMILES string of the molecule is O=c1[nH]c(C2CNCCO2)nc2c1oc1ccc(Br)cc12. The number of morpholine rings is 1. The maximum absolute atomic E-state index is 12.2. The molecule has 0 spiro atoms. The van der Waals surface area contributed by atoms with E-state index in [1.807, 2.05) is 18.2 Å². The number of nitrogens with zero attached hydrogens (tertiary/aromatic N) is 1. The lowest BCUT2D eigenvalue weighted by Crippen LogP contribution is -2.35. The van der Waals surface area contributed by atoms with Crippen LogP contribution < -0.4 is 10.9 Å². The number of benzene rings is 1. The van der Waals surface area contributed by atoms with Gasteiger partial charge in [-0.05, 0) is 18.2 Å². The van der Waals surface area contributed by atoms with Gasteiger partial charge in [0, 0.05) is 22.9 Å². The number of rotatable bonds is 1. The zero-order valence-electron chi connectivity index (χ0n) is 11.0. The summed E-state index contributed by atoms with van der Waals surface area (Å²) in [5.41, 5.74) is 1.18. The Labute approximate surface area is 127 Å². The van der Waals surface area contributed by atoms with Crippen LogP contribution in [-0.2, 0) is 4.74 Å².